The molecule has 3 N–H and O–H groups in total. The van der Waals surface area contributed by atoms with E-state index in [0.717, 1.165) is 27.6 Å². The van der Waals surface area contributed by atoms with E-state index in [2.05, 4.69) is 21.2 Å². The van der Waals surface area contributed by atoms with Crippen LogP contribution in [0.5, 0.6) is 5.75 Å². The molecule has 5 nitrogen and oxygen atoms in total. The van der Waals surface area contributed by atoms with Crippen molar-refractivity contribution in [1.82, 2.24) is 5.32 Å². The van der Waals surface area contributed by atoms with Crippen LogP contribution in [0.1, 0.15) is 17.5 Å². The minimum absolute atomic E-state index is 0.386. The van der Waals surface area contributed by atoms with Gasteiger partial charge >= 0.3 is 6.03 Å². The summed E-state index contributed by atoms with van der Waals surface area (Å²) in [6.07, 6.45) is 2.35. The zero-order chi connectivity index (χ0) is 14.0. The van der Waals surface area contributed by atoms with Crippen molar-refractivity contribution < 1.29 is 14.3 Å². The van der Waals surface area contributed by atoms with Crippen LogP contribution in [0.25, 0.3) is 0 Å². The Hall–Kier alpha value is -1.56. The van der Waals surface area contributed by atoms with E-state index in [9.17, 15) is 9.59 Å². The molecule has 0 heterocycles. The summed E-state index contributed by atoms with van der Waals surface area (Å²) >= 11 is 3.50. The SMILES string of the molecule is COc1ccc(Br)c2c1CC(C=O)(NC(N)=O)CC2. The van der Waals surface area contributed by atoms with Crippen LogP contribution in [0.2, 0.25) is 0 Å². The summed E-state index contributed by atoms with van der Waals surface area (Å²) in [7, 11) is 1.59. The molecule has 2 rings (SSSR count). The number of hydrogen-bond donors (Lipinski definition) is 2. The average Bonchev–Trinajstić information content (AvgIpc) is 2.38. The Morgan fingerprint density at radius 3 is 2.84 bits per heavy atom. The molecule has 0 saturated carbocycles. The van der Waals surface area contributed by atoms with E-state index in [1.807, 2.05) is 12.1 Å². The maximum absolute atomic E-state index is 11.4. The molecule has 0 aliphatic heterocycles. The van der Waals surface area contributed by atoms with Crippen LogP contribution < -0.4 is 15.8 Å². The highest BCUT2D eigenvalue weighted by molar-refractivity contribution is 9.10. The number of urea groups is 1. The van der Waals surface area contributed by atoms with Gasteiger partial charge in [-0.2, -0.15) is 0 Å². The minimum Gasteiger partial charge on any atom is -0.496 e. The van der Waals surface area contributed by atoms with Gasteiger partial charge in [0.15, 0.2) is 0 Å². The molecule has 0 bridgehead atoms. The molecule has 1 aromatic carbocycles. The molecule has 0 fully saturated rings. The third-order valence-corrected chi connectivity index (χ3v) is 4.20. The lowest BCUT2D eigenvalue weighted by atomic mass is 9.78. The number of carbonyl (C=O) groups excluding carboxylic acids is 2. The zero-order valence-corrected chi connectivity index (χ0v) is 12.1. The molecule has 102 valence electrons. The van der Waals surface area contributed by atoms with Gasteiger partial charge in [0.1, 0.15) is 17.6 Å². The van der Waals surface area contributed by atoms with Crippen LogP contribution in [0, 0.1) is 0 Å². The Kier molecular flexibility index (Phi) is 3.80. The van der Waals surface area contributed by atoms with E-state index in [4.69, 9.17) is 10.5 Å². The fraction of sp³-hybridized carbons (Fsp3) is 0.385. The second kappa shape index (κ2) is 5.21. The van der Waals surface area contributed by atoms with Gasteiger partial charge in [-0.1, -0.05) is 15.9 Å². The van der Waals surface area contributed by atoms with Crippen LogP contribution in [0.3, 0.4) is 0 Å². The van der Waals surface area contributed by atoms with Crippen molar-refractivity contribution in [2.45, 2.75) is 24.8 Å². The van der Waals surface area contributed by atoms with E-state index in [1.54, 1.807) is 7.11 Å². The standard InChI is InChI=1S/C13H15BrN2O3/c1-19-11-3-2-10(14)8-4-5-13(7-17,6-9(8)11)16-12(15)18/h2-3,7H,4-6H2,1H3,(H3,15,16,18). The van der Waals surface area contributed by atoms with Crippen LogP contribution in [0.4, 0.5) is 4.79 Å². The van der Waals surface area contributed by atoms with E-state index >= 15 is 0 Å². The second-order valence-electron chi connectivity index (χ2n) is 4.65. The summed E-state index contributed by atoms with van der Waals surface area (Å²) in [6.45, 7) is 0. The average molecular weight is 327 g/mol. The van der Waals surface area contributed by atoms with Crippen LogP contribution in [0.15, 0.2) is 16.6 Å². The first kappa shape index (κ1) is 13.9. The van der Waals surface area contributed by atoms with Gasteiger partial charge in [-0.3, -0.25) is 0 Å². The number of ether oxygens (including phenoxy) is 1. The van der Waals surface area contributed by atoms with Crippen molar-refractivity contribution in [2.24, 2.45) is 5.73 Å². The first-order valence-corrected chi connectivity index (χ1v) is 6.69. The molecule has 19 heavy (non-hydrogen) atoms. The quantitative estimate of drug-likeness (QED) is 0.827. The largest absolute Gasteiger partial charge is 0.496 e. The molecule has 1 aliphatic rings. The monoisotopic (exact) mass is 326 g/mol. The lowest BCUT2D eigenvalue weighted by molar-refractivity contribution is -0.113. The molecule has 0 saturated heterocycles. The third-order valence-electron chi connectivity index (χ3n) is 3.46. The van der Waals surface area contributed by atoms with Crippen molar-refractivity contribution in [3.8, 4) is 5.75 Å². The maximum Gasteiger partial charge on any atom is 0.312 e. The highest BCUT2D eigenvalue weighted by atomic mass is 79.9. The highest BCUT2D eigenvalue weighted by Gasteiger charge is 2.37. The van der Waals surface area contributed by atoms with Gasteiger partial charge in [-0.05, 0) is 30.5 Å². The highest BCUT2D eigenvalue weighted by Crippen LogP contribution is 2.37. The first-order valence-electron chi connectivity index (χ1n) is 5.89. The second-order valence-corrected chi connectivity index (χ2v) is 5.50. The maximum atomic E-state index is 11.4. The Labute approximate surface area is 119 Å². The third kappa shape index (κ3) is 2.58. The van der Waals surface area contributed by atoms with E-state index in [0.29, 0.717) is 19.3 Å². The number of nitrogens with two attached hydrogens (primary N) is 1. The number of primary amides is 1. The van der Waals surface area contributed by atoms with Gasteiger partial charge in [0.25, 0.3) is 0 Å². The van der Waals surface area contributed by atoms with Gasteiger partial charge in [0, 0.05) is 16.5 Å². The molecule has 1 aromatic rings. The topological polar surface area (TPSA) is 81.4 Å². The molecule has 0 spiro atoms. The molecule has 0 radical (unpaired) electrons. The van der Waals surface area contributed by atoms with Gasteiger partial charge in [0.05, 0.1) is 7.11 Å². The zero-order valence-electron chi connectivity index (χ0n) is 10.5. The number of rotatable bonds is 3. The van der Waals surface area contributed by atoms with Crippen molar-refractivity contribution in [3.05, 3.63) is 27.7 Å². The van der Waals surface area contributed by atoms with Crippen molar-refractivity contribution in [3.63, 3.8) is 0 Å². The lowest BCUT2D eigenvalue weighted by Crippen LogP contribution is -2.55. The Bertz CT molecular complexity index is 533. The number of methoxy groups -OCH3 is 1. The fourth-order valence-electron chi connectivity index (χ4n) is 2.53. The van der Waals surface area contributed by atoms with E-state index in [1.165, 1.54) is 0 Å². The summed E-state index contributed by atoms with van der Waals surface area (Å²) in [6, 6.07) is 3.07. The van der Waals surface area contributed by atoms with Crippen molar-refractivity contribution in [2.75, 3.05) is 7.11 Å². The molecule has 6 heteroatoms. The number of fused-ring (bicyclic) bond motifs is 1. The Morgan fingerprint density at radius 1 is 1.53 bits per heavy atom. The number of amides is 2. The molecular formula is C13H15BrN2O3. The molecular weight excluding hydrogens is 312 g/mol. The van der Waals surface area contributed by atoms with Gasteiger partial charge in [-0.25, -0.2) is 4.79 Å². The van der Waals surface area contributed by atoms with Crippen LogP contribution in [-0.4, -0.2) is 25.0 Å². The summed E-state index contributed by atoms with van der Waals surface area (Å²) < 4.78 is 6.32. The molecule has 1 unspecified atom stereocenters. The first-order chi connectivity index (χ1) is 9.01. The predicted octanol–water partition coefficient (Wildman–Crippen LogP) is 1.55. The molecule has 1 atom stereocenters. The smallest absolute Gasteiger partial charge is 0.312 e. The molecule has 2 amide bonds. The van der Waals surface area contributed by atoms with Gasteiger partial charge < -0.3 is 20.6 Å². The van der Waals surface area contributed by atoms with Gasteiger partial charge in [-0.15, -0.1) is 0 Å². The predicted molar refractivity (Wildman–Crippen MR) is 74.2 cm³/mol. The summed E-state index contributed by atoms with van der Waals surface area (Å²) in [5.41, 5.74) is 6.27. The molecule has 1 aliphatic carbocycles. The summed E-state index contributed by atoms with van der Waals surface area (Å²) in [4.78, 5) is 22.5. The van der Waals surface area contributed by atoms with Crippen molar-refractivity contribution in [1.29, 1.82) is 0 Å². The Balaban J connectivity index is 2.44. The number of benzene rings is 1. The fourth-order valence-corrected chi connectivity index (χ4v) is 3.10. The number of carbonyl (C=O) groups is 2. The number of aldehydes is 1. The summed E-state index contributed by atoms with van der Waals surface area (Å²) in [5, 5.41) is 2.56. The van der Waals surface area contributed by atoms with Crippen LogP contribution in [-0.2, 0) is 17.6 Å². The Morgan fingerprint density at radius 2 is 2.26 bits per heavy atom. The normalized spacial score (nSPS) is 21.4. The van der Waals surface area contributed by atoms with E-state index < -0.39 is 11.6 Å². The van der Waals surface area contributed by atoms with E-state index in [-0.39, 0.29) is 0 Å². The van der Waals surface area contributed by atoms with Crippen molar-refractivity contribution >= 4 is 28.2 Å². The lowest BCUT2D eigenvalue weighted by Gasteiger charge is -2.34. The summed E-state index contributed by atoms with van der Waals surface area (Å²) in [5.74, 6) is 0.718. The number of nitrogens with one attached hydrogen (secondary N) is 1. The van der Waals surface area contributed by atoms with Crippen LogP contribution >= 0.6 is 15.9 Å². The number of hydrogen-bond acceptors (Lipinski definition) is 3. The molecule has 0 aromatic heterocycles. The number of halogens is 1. The minimum atomic E-state index is -0.938. The van der Waals surface area contributed by atoms with Gasteiger partial charge in [0.2, 0.25) is 0 Å².